The first-order valence-electron chi connectivity index (χ1n) is 11.6. The minimum absolute atomic E-state index is 0.0227. The lowest BCUT2D eigenvalue weighted by Crippen LogP contribution is -2.45. The average molecular weight is 509 g/mol. The van der Waals surface area contributed by atoms with Gasteiger partial charge < -0.3 is 14.5 Å². The number of hydrogen-bond acceptors (Lipinski definition) is 8. The molecule has 0 N–H and O–H groups in total. The fourth-order valence-electron chi connectivity index (χ4n) is 4.35. The average Bonchev–Trinajstić information content (AvgIpc) is 2.88. The highest BCUT2D eigenvalue weighted by atomic mass is 32.2. The first-order chi connectivity index (χ1) is 17.3. The lowest BCUT2D eigenvalue weighted by molar-refractivity contribution is 0.310. The third kappa shape index (κ3) is 4.75. The van der Waals surface area contributed by atoms with Crippen LogP contribution < -0.4 is 9.64 Å². The highest BCUT2D eigenvalue weighted by Gasteiger charge is 2.34. The molecule has 0 bridgehead atoms. The van der Waals surface area contributed by atoms with E-state index in [4.69, 9.17) is 9.72 Å². The maximum absolute atomic E-state index is 13.9. The van der Waals surface area contributed by atoms with Gasteiger partial charge in [0.15, 0.2) is 0 Å². The molecule has 5 rings (SSSR count). The van der Waals surface area contributed by atoms with Crippen LogP contribution in [0.4, 0.5) is 10.3 Å². The van der Waals surface area contributed by atoms with Crippen molar-refractivity contribution in [1.82, 2.24) is 19.2 Å². The van der Waals surface area contributed by atoms with Crippen LogP contribution in [0.5, 0.6) is 11.6 Å². The molecule has 0 radical (unpaired) electrons. The SMILES string of the molecule is CN1CCN(c2nc3c(c(Oc4cccc(F)c4)n2)CN(S(=O)(=O)c2ccccc2C#N)CC3)CC1. The van der Waals surface area contributed by atoms with Gasteiger partial charge in [0.1, 0.15) is 17.6 Å². The van der Waals surface area contributed by atoms with Crippen LogP contribution in [-0.2, 0) is 23.0 Å². The van der Waals surface area contributed by atoms with Crippen molar-refractivity contribution in [3.63, 3.8) is 0 Å². The fourth-order valence-corrected chi connectivity index (χ4v) is 5.90. The van der Waals surface area contributed by atoms with Gasteiger partial charge in [0.05, 0.1) is 21.7 Å². The number of nitrogens with zero attached hydrogens (tertiary/aromatic N) is 6. The molecule has 0 unspecified atom stereocenters. The summed E-state index contributed by atoms with van der Waals surface area (Å²) < 4.78 is 48.1. The third-order valence-electron chi connectivity index (χ3n) is 6.40. The number of aromatic nitrogens is 2. The van der Waals surface area contributed by atoms with Crippen molar-refractivity contribution >= 4 is 16.0 Å². The zero-order chi connectivity index (χ0) is 25.3. The van der Waals surface area contributed by atoms with Gasteiger partial charge >= 0.3 is 0 Å². The van der Waals surface area contributed by atoms with Gasteiger partial charge in [-0.1, -0.05) is 18.2 Å². The first kappa shape index (κ1) is 24.1. The summed E-state index contributed by atoms with van der Waals surface area (Å²) in [4.78, 5) is 13.7. The Morgan fingerprint density at radius 2 is 1.81 bits per heavy atom. The van der Waals surface area contributed by atoms with Gasteiger partial charge in [0.2, 0.25) is 21.9 Å². The number of anilines is 1. The Balaban J connectivity index is 1.53. The summed E-state index contributed by atoms with van der Waals surface area (Å²) in [6.45, 7) is 3.41. The smallest absolute Gasteiger partial charge is 0.244 e. The normalized spacial score (nSPS) is 16.9. The van der Waals surface area contributed by atoms with Gasteiger partial charge in [-0.25, -0.2) is 17.8 Å². The molecule has 3 heterocycles. The standard InChI is InChI=1S/C25H25FN6O3S/c1-30-11-13-31(14-12-30)25-28-22-9-10-32(36(33,34)23-8-3-2-5-18(23)16-27)17-21(22)24(29-25)35-20-7-4-6-19(26)15-20/h2-8,15H,9-14,17H2,1H3. The number of ether oxygens (including phenoxy) is 1. The second-order valence-electron chi connectivity index (χ2n) is 8.80. The molecule has 0 saturated carbocycles. The number of hydrogen-bond donors (Lipinski definition) is 0. The Labute approximate surface area is 209 Å². The van der Waals surface area contributed by atoms with E-state index < -0.39 is 15.8 Å². The van der Waals surface area contributed by atoms with Crippen LogP contribution in [-0.4, -0.2) is 67.4 Å². The largest absolute Gasteiger partial charge is 0.438 e. The molecule has 0 aliphatic carbocycles. The summed E-state index contributed by atoms with van der Waals surface area (Å²) in [5.41, 5.74) is 1.31. The van der Waals surface area contributed by atoms with Crippen LogP contribution in [0.3, 0.4) is 0 Å². The van der Waals surface area contributed by atoms with Crippen molar-refractivity contribution in [3.05, 3.63) is 71.2 Å². The molecule has 2 aromatic carbocycles. The number of halogens is 1. The molecule has 0 amide bonds. The number of benzene rings is 2. The van der Waals surface area contributed by atoms with Gasteiger partial charge in [-0.2, -0.15) is 14.6 Å². The Morgan fingerprint density at radius 3 is 2.56 bits per heavy atom. The topological polar surface area (TPSA) is 103 Å². The van der Waals surface area contributed by atoms with E-state index in [0.29, 0.717) is 23.6 Å². The van der Waals surface area contributed by atoms with Crippen molar-refractivity contribution in [2.45, 2.75) is 17.9 Å². The lowest BCUT2D eigenvalue weighted by atomic mass is 10.1. The number of likely N-dealkylation sites (N-methyl/N-ethyl adjacent to an activating group) is 1. The number of nitriles is 1. The zero-order valence-corrected chi connectivity index (χ0v) is 20.6. The predicted molar refractivity (Wildman–Crippen MR) is 131 cm³/mol. The number of fused-ring (bicyclic) bond motifs is 1. The molecule has 36 heavy (non-hydrogen) atoms. The van der Waals surface area contributed by atoms with Gasteiger partial charge in [-0.3, -0.25) is 0 Å². The molecule has 11 heteroatoms. The van der Waals surface area contributed by atoms with E-state index in [1.165, 1.54) is 34.6 Å². The van der Waals surface area contributed by atoms with Crippen molar-refractivity contribution in [2.75, 3.05) is 44.7 Å². The van der Waals surface area contributed by atoms with Crippen LogP contribution >= 0.6 is 0 Å². The molecule has 0 atom stereocenters. The van der Waals surface area contributed by atoms with Crippen LogP contribution in [0.2, 0.25) is 0 Å². The maximum atomic E-state index is 13.9. The molecule has 1 fully saturated rings. The second-order valence-corrected chi connectivity index (χ2v) is 10.7. The van der Waals surface area contributed by atoms with Crippen molar-refractivity contribution < 1.29 is 17.5 Å². The third-order valence-corrected chi connectivity index (χ3v) is 8.30. The van der Waals surface area contributed by atoms with Gasteiger partial charge in [-0.15, -0.1) is 0 Å². The number of rotatable bonds is 5. The molecule has 3 aromatic rings. The van der Waals surface area contributed by atoms with E-state index in [1.54, 1.807) is 18.2 Å². The highest BCUT2D eigenvalue weighted by Crippen LogP contribution is 2.34. The summed E-state index contributed by atoms with van der Waals surface area (Å²) >= 11 is 0. The van der Waals surface area contributed by atoms with Gasteiger partial charge in [0, 0.05) is 51.8 Å². The molecule has 186 valence electrons. The van der Waals surface area contributed by atoms with E-state index in [2.05, 4.69) is 21.8 Å². The molecule has 1 aromatic heterocycles. The first-order valence-corrected chi connectivity index (χ1v) is 13.0. The van der Waals surface area contributed by atoms with E-state index in [1.807, 2.05) is 6.07 Å². The van der Waals surface area contributed by atoms with Crippen molar-refractivity contribution in [3.8, 4) is 17.7 Å². The van der Waals surface area contributed by atoms with Crippen LogP contribution in [0.15, 0.2) is 53.4 Å². The quantitative estimate of drug-likeness (QED) is 0.519. The predicted octanol–water partition coefficient (Wildman–Crippen LogP) is 2.78. The molecule has 2 aliphatic rings. The van der Waals surface area contributed by atoms with Crippen LogP contribution in [0.25, 0.3) is 0 Å². The molecular weight excluding hydrogens is 483 g/mol. The second kappa shape index (κ2) is 9.81. The molecule has 2 aliphatic heterocycles. The van der Waals surface area contributed by atoms with E-state index in [-0.39, 0.29) is 35.2 Å². The van der Waals surface area contributed by atoms with Crippen molar-refractivity contribution in [2.24, 2.45) is 0 Å². The monoisotopic (exact) mass is 508 g/mol. The van der Waals surface area contributed by atoms with E-state index in [9.17, 15) is 18.1 Å². The summed E-state index contributed by atoms with van der Waals surface area (Å²) in [5, 5.41) is 9.43. The van der Waals surface area contributed by atoms with Crippen LogP contribution in [0.1, 0.15) is 16.8 Å². The maximum Gasteiger partial charge on any atom is 0.244 e. The molecule has 0 spiro atoms. The van der Waals surface area contributed by atoms with E-state index >= 15 is 0 Å². The molecular formula is C25H25FN6O3S. The number of sulfonamides is 1. The Kier molecular flexibility index (Phi) is 6.57. The zero-order valence-electron chi connectivity index (χ0n) is 19.8. The molecule has 9 nitrogen and oxygen atoms in total. The summed E-state index contributed by atoms with van der Waals surface area (Å²) in [7, 11) is -1.90. The minimum Gasteiger partial charge on any atom is -0.438 e. The van der Waals surface area contributed by atoms with Crippen LogP contribution in [0, 0.1) is 17.1 Å². The summed E-state index contributed by atoms with van der Waals surface area (Å²) in [6.07, 6.45) is 0.353. The molecule has 1 saturated heterocycles. The lowest BCUT2D eigenvalue weighted by Gasteiger charge is -2.34. The Morgan fingerprint density at radius 1 is 1.03 bits per heavy atom. The van der Waals surface area contributed by atoms with E-state index in [0.717, 1.165) is 26.2 Å². The Bertz CT molecular complexity index is 1430. The summed E-state index contributed by atoms with van der Waals surface area (Å²) in [6, 6.07) is 13.8. The Hall–Kier alpha value is -3.59. The van der Waals surface area contributed by atoms with Gasteiger partial charge in [0.25, 0.3) is 0 Å². The highest BCUT2D eigenvalue weighted by molar-refractivity contribution is 7.89. The fraction of sp³-hybridized carbons (Fsp3) is 0.320. The van der Waals surface area contributed by atoms with Gasteiger partial charge in [-0.05, 0) is 31.3 Å². The minimum atomic E-state index is -3.96. The van der Waals surface area contributed by atoms with Crippen molar-refractivity contribution in [1.29, 1.82) is 5.26 Å². The number of piperazine rings is 1. The summed E-state index contributed by atoms with van der Waals surface area (Å²) in [5.74, 6) is 0.523.